The van der Waals surface area contributed by atoms with Crippen molar-refractivity contribution >= 4 is 69.2 Å². The van der Waals surface area contributed by atoms with E-state index in [1.807, 2.05) is 0 Å². The number of hydrogen-bond donors (Lipinski definition) is 0. The highest BCUT2D eigenvalue weighted by molar-refractivity contribution is 8.27. The third-order valence-corrected chi connectivity index (χ3v) is 5.43. The summed E-state index contributed by atoms with van der Waals surface area (Å²) in [5.41, 5.74) is 1.34. The summed E-state index contributed by atoms with van der Waals surface area (Å²) < 4.78 is 11.0. The molecule has 8 heteroatoms. The molecule has 0 saturated carbocycles. The van der Waals surface area contributed by atoms with Crippen LogP contribution in [-0.2, 0) is 4.79 Å². The van der Waals surface area contributed by atoms with Crippen molar-refractivity contribution < 1.29 is 14.3 Å². The summed E-state index contributed by atoms with van der Waals surface area (Å²) in [6.07, 6.45) is 1.72. The van der Waals surface area contributed by atoms with E-state index in [1.165, 1.54) is 30.9 Å². The van der Waals surface area contributed by atoms with Gasteiger partial charge in [-0.2, -0.15) is 0 Å². The molecule has 0 aliphatic carbocycles. The highest BCUT2D eigenvalue weighted by atomic mass is 35.5. The van der Waals surface area contributed by atoms with Crippen molar-refractivity contribution in [2.24, 2.45) is 0 Å². The second-order valence-electron chi connectivity index (χ2n) is 5.24. The van der Waals surface area contributed by atoms with Gasteiger partial charge in [0.25, 0.3) is 5.91 Å². The first kappa shape index (κ1) is 19.0. The average molecular weight is 426 g/mol. The monoisotopic (exact) mass is 425 g/mol. The van der Waals surface area contributed by atoms with E-state index < -0.39 is 0 Å². The van der Waals surface area contributed by atoms with E-state index in [9.17, 15) is 4.79 Å². The lowest BCUT2D eigenvalue weighted by molar-refractivity contribution is -0.113. The Bertz CT molecular complexity index is 931. The summed E-state index contributed by atoms with van der Waals surface area (Å²) in [4.78, 5) is 14.8. The van der Waals surface area contributed by atoms with E-state index in [0.29, 0.717) is 42.0 Å². The van der Waals surface area contributed by atoms with Crippen LogP contribution >= 0.6 is 47.2 Å². The van der Waals surface area contributed by atoms with Crippen molar-refractivity contribution in [3.63, 3.8) is 0 Å². The van der Waals surface area contributed by atoms with Crippen LogP contribution in [-0.4, -0.2) is 24.4 Å². The van der Waals surface area contributed by atoms with Crippen LogP contribution in [0.15, 0.2) is 41.3 Å². The second kappa shape index (κ2) is 7.88. The molecule has 1 fully saturated rings. The highest BCUT2D eigenvalue weighted by Gasteiger charge is 2.33. The number of nitrogens with zero attached hydrogens (tertiary/aromatic N) is 1. The van der Waals surface area contributed by atoms with Gasteiger partial charge < -0.3 is 9.47 Å². The zero-order chi connectivity index (χ0) is 18.8. The molecule has 1 amide bonds. The van der Waals surface area contributed by atoms with E-state index in [2.05, 4.69) is 0 Å². The van der Waals surface area contributed by atoms with E-state index in [1.54, 1.807) is 42.5 Å². The molecule has 134 valence electrons. The summed E-state index contributed by atoms with van der Waals surface area (Å²) in [6, 6.07) is 10.4. The summed E-state index contributed by atoms with van der Waals surface area (Å²) in [5.74, 6) is 0.711. The summed E-state index contributed by atoms with van der Waals surface area (Å²) >= 11 is 18.8. The van der Waals surface area contributed by atoms with Gasteiger partial charge in [-0.15, -0.1) is 0 Å². The Labute approximate surface area is 170 Å². The van der Waals surface area contributed by atoms with Gasteiger partial charge in [0, 0.05) is 5.02 Å². The fraction of sp³-hybridized carbons (Fsp3) is 0.111. The van der Waals surface area contributed by atoms with E-state index in [4.69, 9.17) is 44.9 Å². The molecule has 2 aromatic carbocycles. The molecule has 0 atom stereocenters. The second-order valence-corrected chi connectivity index (χ2v) is 7.75. The number of thiocarbonyl (C=S) groups is 1. The maximum Gasteiger partial charge on any atom is 0.270 e. The molecule has 4 nitrogen and oxygen atoms in total. The maximum absolute atomic E-state index is 12.8. The Hall–Kier alpha value is -1.73. The molecule has 0 radical (unpaired) electrons. The minimum absolute atomic E-state index is 0.215. The quantitative estimate of drug-likeness (QED) is 0.483. The van der Waals surface area contributed by atoms with Crippen LogP contribution < -0.4 is 14.4 Å². The Kier molecular flexibility index (Phi) is 5.77. The van der Waals surface area contributed by atoms with Crippen LogP contribution in [0.2, 0.25) is 10.0 Å². The number of ether oxygens (including phenoxy) is 2. The standard InChI is InChI=1S/C18H13Cl2NO3S2/c1-23-14-7-10(6-13(20)16(14)24-2)8-15-17(22)21(18(25)26-15)12-5-3-4-11(19)9-12/h3-9H,1-2H3/b15-8+. The van der Waals surface area contributed by atoms with Gasteiger partial charge in [-0.05, 0) is 42.0 Å². The summed E-state index contributed by atoms with van der Waals surface area (Å²) in [6.45, 7) is 0. The van der Waals surface area contributed by atoms with E-state index in [-0.39, 0.29) is 5.91 Å². The van der Waals surface area contributed by atoms with Crippen LogP contribution in [0.25, 0.3) is 6.08 Å². The molecular formula is C18H13Cl2NO3S2. The minimum Gasteiger partial charge on any atom is -0.493 e. The smallest absolute Gasteiger partial charge is 0.270 e. The van der Waals surface area contributed by atoms with Gasteiger partial charge in [0.15, 0.2) is 15.8 Å². The first-order valence-electron chi connectivity index (χ1n) is 7.39. The number of benzene rings is 2. The van der Waals surface area contributed by atoms with Crippen LogP contribution in [0.1, 0.15) is 5.56 Å². The Morgan fingerprint density at radius 3 is 2.58 bits per heavy atom. The van der Waals surface area contributed by atoms with Gasteiger partial charge in [-0.1, -0.05) is 53.2 Å². The van der Waals surface area contributed by atoms with Crippen LogP contribution in [0.4, 0.5) is 5.69 Å². The molecule has 3 rings (SSSR count). The molecule has 1 saturated heterocycles. The average Bonchev–Trinajstić information content (AvgIpc) is 2.88. The van der Waals surface area contributed by atoms with Gasteiger partial charge in [0.2, 0.25) is 0 Å². The van der Waals surface area contributed by atoms with E-state index >= 15 is 0 Å². The van der Waals surface area contributed by atoms with Crippen LogP contribution in [0.5, 0.6) is 11.5 Å². The Morgan fingerprint density at radius 2 is 1.92 bits per heavy atom. The Balaban J connectivity index is 1.97. The molecule has 0 bridgehead atoms. The lowest BCUT2D eigenvalue weighted by Crippen LogP contribution is -2.27. The van der Waals surface area contributed by atoms with Crippen molar-refractivity contribution in [2.75, 3.05) is 19.1 Å². The zero-order valence-electron chi connectivity index (χ0n) is 13.8. The fourth-order valence-corrected chi connectivity index (χ4v) is 4.26. The predicted molar refractivity (Wildman–Crippen MR) is 112 cm³/mol. The van der Waals surface area contributed by atoms with Gasteiger partial charge in [-0.3, -0.25) is 9.69 Å². The van der Waals surface area contributed by atoms with Gasteiger partial charge in [-0.25, -0.2) is 0 Å². The highest BCUT2D eigenvalue weighted by Crippen LogP contribution is 2.40. The minimum atomic E-state index is -0.215. The maximum atomic E-state index is 12.8. The summed E-state index contributed by atoms with van der Waals surface area (Å²) in [5, 5.41) is 0.927. The van der Waals surface area contributed by atoms with Crippen molar-refractivity contribution in [3.8, 4) is 11.5 Å². The number of carbonyl (C=O) groups is 1. The van der Waals surface area contributed by atoms with Gasteiger partial charge in [0.1, 0.15) is 0 Å². The normalized spacial score (nSPS) is 15.7. The number of halogens is 2. The number of hydrogen-bond acceptors (Lipinski definition) is 5. The number of rotatable bonds is 4. The molecular weight excluding hydrogens is 413 g/mol. The van der Waals surface area contributed by atoms with Crippen LogP contribution in [0.3, 0.4) is 0 Å². The number of thioether (sulfide) groups is 1. The molecule has 1 heterocycles. The topological polar surface area (TPSA) is 38.8 Å². The molecule has 0 aromatic heterocycles. The zero-order valence-corrected chi connectivity index (χ0v) is 16.9. The number of amides is 1. The summed E-state index contributed by atoms with van der Waals surface area (Å²) in [7, 11) is 3.04. The lowest BCUT2D eigenvalue weighted by Gasteiger charge is -2.14. The molecule has 0 spiro atoms. The van der Waals surface area contributed by atoms with Crippen molar-refractivity contribution in [3.05, 3.63) is 56.9 Å². The third kappa shape index (κ3) is 3.69. The van der Waals surface area contributed by atoms with Crippen molar-refractivity contribution in [1.29, 1.82) is 0 Å². The molecule has 1 aliphatic rings. The van der Waals surface area contributed by atoms with Gasteiger partial charge in [0.05, 0.1) is 29.8 Å². The molecule has 2 aromatic rings. The number of carbonyl (C=O) groups excluding carboxylic acids is 1. The predicted octanol–water partition coefficient (Wildman–Crippen LogP) is 5.42. The largest absolute Gasteiger partial charge is 0.493 e. The van der Waals surface area contributed by atoms with Crippen molar-refractivity contribution in [2.45, 2.75) is 0 Å². The SMILES string of the molecule is COc1cc(/C=C2/SC(=S)N(c3cccc(Cl)c3)C2=O)cc(Cl)c1OC. The Morgan fingerprint density at radius 1 is 1.15 bits per heavy atom. The fourth-order valence-electron chi connectivity index (χ4n) is 2.48. The lowest BCUT2D eigenvalue weighted by atomic mass is 10.1. The molecule has 1 aliphatic heterocycles. The van der Waals surface area contributed by atoms with Crippen molar-refractivity contribution in [1.82, 2.24) is 0 Å². The van der Waals surface area contributed by atoms with Crippen LogP contribution in [0, 0.1) is 0 Å². The number of anilines is 1. The van der Waals surface area contributed by atoms with E-state index in [0.717, 1.165) is 0 Å². The third-order valence-electron chi connectivity index (χ3n) is 3.61. The van der Waals surface area contributed by atoms with Gasteiger partial charge >= 0.3 is 0 Å². The first-order chi connectivity index (χ1) is 12.4. The first-order valence-corrected chi connectivity index (χ1v) is 9.37. The number of methoxy groups -OCH3 is 2. The molecule has 26 heavy (non-hydrogen) atoms. The molecule has 0 unspecified atom stereocenters. The molecule has 0 N–H and O–H groups in total.